The van der Waals surface area contributed by atoms with E-state index in [1.807, 2.05) is 30.3 Å². The third-order valence-corrected chi connectivity index (χ3v) is 3.99. The maximum absolute atomic E-state index is 13.1. The van der Waals surface area contributed by atoms with E-state index in [0.29, 0.717) is 5.75 Å². The summed E-state index contributed by atoms with van der Waals surface area (Å²) in [5.74, 6) is -1.00. The van der Waals surface area contributed by atoms with Crippen molar-refractivity contribution < 1.29 is 27.8 Å². The fourth-order valence-corrected chi connectivity index (χ4v) is 2.68. The normalized spacial score (nSPS) is 11.2. The zero-order valence-corrected chi connectivity index (χ0v) is 14.0. The Bertz CT molecular complexity index is 950. The summed E-state index contributed by atoms with van der Waals surface area (Å²) in [6.07, 6.45) is -4.58. The monoisotopic (exact) mass is 372 g/mol. The van der Waals surface area contributed by atoms with E-state index in [-0.39, 0.29) is 23.3 Å². The van der Waals surface area contributed by atoms with Crippen molar-refractivity contribution in [2.75, 3.05) is 0 Å². The standard InChI is InChI=1S/C21H15F3O3/c22-21(23,24)15-10-11-17(20(25)26)18(12-15)16-8-4-5-9-19(16)27-13-14-6-2-1-3-7-14/h1-12H,13H2,(H,25,26). The van der Waals surface area contributed by atoms with Crippen LogP contribution in [0.4, 0.5) is 13.2 Å². The quantitative estimate of drug-likeness (QED) is 0.630. The molecule has 6 heteroatoms. The van der Waals surface area contributed by atoms with Crippen molar-refractivity contribution in [1.29, 1.82) is 0 Å². The predicted molar refractivity (Wildman–Crippen MR) is 94.6 cm³/mol. The number of benzene rings is 3. The first-order chi connectivity index (χ1) is 12.9. The number of halogens is 3. The van der Waals surface area contributed by atoms with Crippen LogP contribution in [0.15, 0.2) is 72.8 Å². The van der Waals surface area contributed by atoms with Crippen LogP contribution in [0.1, 0.15) is 21.5 Å². The van der Waals surface area contributed by atoms with Crippen molar-refractivity contribution in [1.82, 2.24) is 0 Å². The second-order valence-electron chi connectivity index (χ2n) is 5.83. The molecule has 3 aromatic rings. The highest BCUT2D eigenvalue weighted by atomic mass is 19.4. The molecule has 3 aromatic carbocycles. The van der Waals surface area contributed by atoms with Crippen LogP contribution < -0.4 is 4.74 Å². The number of hydrogen-bond donors (Lipinski definition) is 1. The Kier molecular flexibility index (Phi) is 5.16. The Morgan fingerprint density at radius 2 is 1.56 bits per heavy atom. The van der Waals surface area contributed by atoms with Crippen molar-refractivity contribution in [2.24, 2.45) is 0 Å². The minimum atomic E-state index is -4.58. The third kappa shape index (κ3) is 4.28. The van der Waals surface area contributed by atoms with Crippen LogP contribution in [0.25, 0.3) is 11.1 Å². The minimum absolute atomic E-state index is 0.0408. The van der Waals surface area contributed by atoms with Crippen LogP contribution in [0, 0.1) is 0 Å². The highest BCUT2D eigenvalue weighted by Gasteiger charge is 2.32. The number of carboxylic acids is 1. The minimum Gasteiger partial charge on any atom is -0.488 e. The zero-order chi connectivity index (χ0) is 19.4. The fourth-order valence-electron chi connectivity index (χ4n) is 2.68. The van der Waals surface area contributed by atoms with Crippen LogP contribution in [-0.2, 0) is 12.8 Å². The average Bonchev–Trinajstić information content (AvgIpc) is 2.66. The molecule has 0 radical (unpaired) electrons. The van der Waals surface area contributed by atoms with Gasteiger partial charge in [0.1, 0.15) is 12.4 Å². The number of rotatable bonds is 5. The van der Waals surface area contributed by atoms with Gasteiger partial charge in [0.05, 0.1) is 11.1 Å². The molecule has 3 rings (SSSR count). The van der Waals surface area contributed by atoms with Gasteiger partial charge in [-0.3, -0.25) is 0 Å². The molecule has 0 aliphatic carbocycles. The Hall–Kier alpha value is -3.28. The molecule has 138 valence electrons. The van der Waals surface area contributed by atoms with Crippen LogP contribution in [0.3, 0.4) is 0 Å². The van der Waals surface area contributed by atoms with Crippen molar-refractivity contribution in [3.63, 3.8) is 0 Å². The van der Waals surface area contributed by atoms with E-state index < -0.39 is 17.7 Å². The molecule has 1 N–H and O–H groups in total. The maximum atomic E-state index is 13.1. The summed E-state index contributed by atoms with van der Waals surface area (Å²) >= 11 is 0. The van der Waals surface area contributed by atoms with Gasteiger partial charge < -0.3 is 9.84 Å². The summed E-state index contributed by atoms with van der Waals surface area (Å²) in [6, 6.07) is 18.3. The first kappa shape index (κ1) is 18.5. The summed E-state index contributed by atoms with van der Waals surface area (Å²) < 4.78 is 45.1. The first-order valence-electron chi connectivity index (χ1n) is 8.07. The lowest BCUT2D eigenvalue weighted by Gasteiger charge is -2.15. The Morgan fingerprint density at radius 1 is 0.889 bits per heavy atom. The van der Waals surface area contributed by atoms with Gasteiger partial charge in [0.15, 0.2) is 0 Å². The molecule has 0 fully saturated rings. The van der Waals surface area contributed by atoms with E-state index in [0.717, 1.165) is 23.8 Å². The van der Waals surface area contributed by atoms with Gasteiger partial charge >= 0.3 is 12.1 Å². The lowest BCUT2D eigenvalue weighted by atomic mass is 9.96. The molecule has 0 aromatic heterocycles. The molecule has 0 atom stereocenters. The highest BCUT2D eigenvalue weighted by molar-refractivity contribution is 5.97. The highest BCUT2D eigenvalue weighted by Crippen LogP contribution is 2.37. The van der Waals surface area contributed by atoms with Crippen LogP contribution >= 0.6 is 0 Å². The average molecular weight is 372 g/mol. The molecular weight excluding hydrogens is 357 g/mol. The fraction of sp³-hybridized carbons (Fsp3) is 0.0952. The molecule has 0 amide bonds. The van der Waals surface area contributed by atoms with E-state index in [1.54, 1.807) is 24.3 Å². The molecule has 3 nitrogen and oxygen atoms in total. The van der Waals surface area contributed by atoms with Crippen molar-refractivity contribution in [3.05, 3.63) is 89.5 Å². The second-order valence-corrected chi connectivity index (χ2v) is 5.83. The molecule has 27 heavy (non-hydrogen) atoms. The van der Waals surface area contributed by atoms with E-state index in [1.165, 1.54) is 0 Å². The van der Waals surface area contributed by atoms with Gasteiger partial charge in [-0.25, -0.2) is 4.79 Å². The predicted octanol–water partition coefficient (Wildman–Crippen LogP) is 5.65. The molecule has 0 aliphatic heterocycles. The second kappa shape index (κ2) is 7.53. The van der Waals surface area contributed by atoms with Gasteiger partial charge in [-0.05, 0) is 29.8 Å². The summed E-state index contributed by atoms with van der Waals surface area (Å²) in [6.45, 7) is 0.208. The molecule has 0 saturated carbocycles. The van der Waals surface area contributed by atoms with Crippen molar-refractivity contribution >= 4 is 5.97 Å². The number of ether oxygens (including phenoxy) is 1. The lowest BCUT2D eigenvalue weighted by molar-refractivity contribution is -0.137. The summed E-state index contributed by atoms with van der Waals surface area (Å²) in [7, 11) is 0. The number of carbonyl (C=O) groups is 1. The molecule has 0 unspecified atom stereocenters. The molecule has 0 spiro atoms. The smallest absolute Gasteiger partial charge is 0.416 e. The Morgan fingerprint density at radius 3 is 2.22 bits per heavy atom. The van der Waals surface area contributed by atoms with Crippen LogP contribution in [0.5, 0.6) is 5.75 Å². The number of aromatic carboxylic acids is 1. The van der Waals surface area contributed by atoms with E-state index >= 15 is 0 Å². The van der Waals surface area contributed by atoms with Gasteiger partial charge in [0.25, 0.3) is 0 Å². The van der Waals surface area contributed by atoms with Gasteiger partial charge in [-0.15, -0.1) is 0 Å². The molecule has 0 heterocycles. The third-order valence-electron chi connectivity index (χ3n) is 3.99. The van der Waals surface area contributed by atoms with E-state index in [9.17, 15) is 23.1 Å². The number of para-hydroxylation sites is 1. The Labute approximate surface area is 153 Å². The van der Waals surface area contributed by atoms with Gasteiger partial charge in [0, 0.05) is 11.1 Å². The summed E-state index contributed by atoms with van der Waals surface area (Å²) in [5, 5.41) is 9.40. The van der Waals surface area contributed by atoms with E-state index in [2.05, 4.69) is 0 Å². The number of carboxylic acid groups (broad SMARTS) is 1. The molecule has 0 aliphatic rings. The molecule has 0 saturated heterocycles. The van der Waals surface area contributed by atoms with Crippen LogP contribution in [0.2, 0.25) is 0 Å². The van der Waals surface area contributed by atoms with Crippen molar-refractivity contribution in [2.45, 2.75) is 12.8 Å². The van der Waals surface area contributed by atoms with Gasteiger partial charge in [-0.1, -0.05) is 48.5 Å². The molecule has 0 bridgehead atoms. The summed E-state index contributed by atoms with van der Waals surface area (Å²) in [4.78, 5) is 11.5. The molecular formula is C21H15F3O3. The number of hydrogen-bond acceptors (Lipinski definition) is 2. The van der Waals surface area contributed by atoms with Gasteiger partial charge in [0.2, 0.25) is 0 Å². The number of alkyl halides is 3. The zero-order valence-electron chi connectivity index (χ0n) is 14.0. The largest absolute Gasteiger partial charge is 0.488 e. The van der Waals surface area contributed by atoms with Gasteiger partial charge in [-0.2, -0.15) is 13.2 Å². The maximum Gasteiger partial charge on any atom is 0.416 e. The summed E-state index contributed by atoms with van der Waals surface area (Å²) in [5.41, 5.74) is -0.00755. The van der Waals surface area contributed by atoms with Crippen LogP contribution in [-0.4, -0.2) is 11.1 Å². The lowest BCUT2D eigenvalue weighted by Crippen LogP contribution is -2.08. The first-order valence-corrected chi connectivity index (χ1v) is 8.07. The topological polar surface area (TPSA) is 46.5 Å². The van der Waals surface area contributed by atoms with Crippen molar-refractivity contribution in [3.8, 4) is 16.9 Å². The van der Waals surface area contributed by atoms with E-state index in [4.69, 9.17) is 4.74 Å². The SMILES string of the molecule is O=C(O)c1ccc(C(F)(F)F)cc1-c1ccccc1OCc1ccccc1. The Balaban J connectivity index is 2.04.